The van der Waals surface area contributed by atoms with E-state index in [1.807, 2.05) is 0 Å². The van der Waals surface area contributed by atoms with Crippen molar-refractivity contribution in [1.29, 1.82) is 0 Å². The van der Waals surface area contributed by atoms with Gasteiger partial charge in [0.05, 0.1) is 12.7 Å². The van der Waals surface area contributed by atoms with Crippen LogP contribution in [0.1, 0.15) is 18.1 Å². The summed E-state index contributed by atoms with van der Waals surface area (Å²) in [5.74, 6) is 0. The number of aliphatic hydroxyl groups excluding tert-OH is 2. The molecule has 0 aromatic heterocycles. The van der Waals surface area contributed by atoms with Crippen LogP contribution in [0.5, 0.6) is 0 Å². The zero-order chi connectivity index (χ0) is 10.3. The lowest BCUT2D eigenvalue weighted by atomic mass is 10.2. The quantitative estimate of drug-likeness (QED) is 0.693. The summed E-state index contributed by atoms with van der Waals surface area (Å²) in [6.07, 6.45) is -0.560. The van der Waals surface area contributed by atoms with E-state index in [0.29, 0.717) is 0 Å². The molecule has 0 heterocycles. The van der Waals surface area contributed by atoms with Gasteiger partial charge in [0.2, 0.25) is 0 Å². The maximum atomic E-state index is 8.11. The lowest BCUT2D eigenvalue weighted by Crippen LogP contribution is -2.03. The Hall–Kier alpha value is -0.860. The van der Waals surface area contributed by atoms with Gasteiger partial charge in [-0.3, -0.25) is 0 Å². The van der Waals surface area contributed by atoms with Gasteiger partial charge in [-0.25, -0.2) is 0 Å². The highest BCUT2D eigenvalue weighted by atomic mass is 16.3. The molecule has 0 aliphatic carbocycles. The van der Waals surface area contributed by atoms with Crippen molar-refractivity contribution >= 4 is 0 Å². The van der Waals surface area contributed by atoms with E-state index in [-0.39, 0.29) is 6.61 Å². The highest BCUT2D eigenvalue weighted by Gasteiger charge is 1.83. The molecule has 13 heavy (non-hydrogen) atoms. The molecule has 0 saturated heterocycles. The van der Waals surface area contributed by atoms with Crippen LogP contribution in [-0.2, 0) is 0 Å². The zero-order valence-corrected chi connectivity index (χ0v) is 8.49. The summed E-state index contributed by atoms with van der Waals surface area (Å²) < 4.78 is 0. The summed E-state index contributed by atoms with van der Waals surface area (Å²) >= 11 is 0. The van der Waals surface area contributed by atoms with Gasteiger partial charge in [-0.1, -0.05) is 35.4 Å². The molecule has 74 valence electrons. The lowest BCUT2D eigenvalue weighted by Gasteiger charge is -1.90. The highest BCUT2D eigenvalue weighted by molar-refractivity contribution is 5.19. The van der Waals surface area contributed by atoms with Crippen LogP contribution in [0.4, 0.5) is 0 Å². The molecule has 1 aromatic rings. The Bertz CT molecular complexity index is 193. The SMILES string of the molecule is CC(O)CO.Cc1ccc(C)cc1. The van der Waals surface area contributed by atoms with Crippen LogP contribution in [0, 0.1) is 13.8 Å². The van der Waals surface area contributed by atoms with Gasteiger partial charge < -0.3 is 10.2 Å². The van der Waals surface area contributed by atoms with Crippen molar-refractivity contribution in [2.75, 3.05) is 6.61 Å². The molecule has 0 fully saturated rings. The first-order valence-corrected chi connectivity index (χ1v) is 4.38. The first kappa shape index (κ1) is 12.1. The fraction of sp³-hybridized carbons (Fsp3) is 0.455. The van der Waals surface area contributed by atoms with E-state index >= 15 is 0 Å². The van der Waals surface area contributed by atoms with Crippen LogP contribution in [0.2, 0.25) is 0 Å². The molecule has 0 aliphatic rings. The Labute approximate surface area is 79.9 Å². The predicted molar refractivity (Wildman–Crippen MR) is 54.7 cm³/mol. The molecule has 1 rings (SSSR count). The van der Waals surface area contributed by atoms with E-state index < -0.39 is 6.10 Å². The molecular formula is C11H18O2. The molecular weight excluding hydrogens is 164 g/mol. The Kier molecular flexibility index (Phi) is 6.20. The Morgan fingerprint density at radius 2 is 1.31 bits per heavy atom. The summed E-state index contributed by atoms with van der Waals surface area (Å²) in [6, 6.07) is 8.48. The topological polar surface area (TPSA) is 40.5 Å². The van der Waals surface area contributed by atoms with Gasteiger partial charge in [-0.2, -0.15) is 0 Å². The molecule has 0 saturated carbocycles. The number of benzene rings is 1. The molecule has 0 aliphatic heterocycles. The lowest BCUT2D eigenvalue weighted by molar-refractivity contribution is 0.110. The van der Waals surface area contributed by atoms with E-state index in [1.54, 1.807) is 0 Å². The van der Waals surface area contributed by atoms with E-state index in [2.05, 4.69) is 38.1 Å². The van der Waals surface area contributed by atoms with Crippen LogP contribution in [-0.4, -0.2) is 22.9 Å². The van der Waals surface area contributed by atoms with Crippen LogP contribution < -0.4 is 0 Å². The van der Waals surface area contributed by atoms with Crippen molar-refractivity contribution < 1.29 is 10.2 Å². The van der Waals surface area contributed by atoms with Crippen molar-refractivity contribution in [3.8, 4) is 0 Å². The summed E-state index contributed by atoms with van der Waals surface area (Å²) in [5, 5.41) is 16.0. The van der Waals surface area contributed by atoms with Gasteiger partial charge in [0.15, 0.2) is 0 Å². The van der Waals surface area contributed by atoms with Crippen LogP contribution >= 0.6 is 0 Å². The minimum absolute atomic E-state index is 0.139. The first-order valence-electron chi connectivity index (χ1n) is 4.38. The molecule has 0 bridgehead atoms. The average Bonchev–Trinajstić information content (AvgIpc) is 2.11. The third-order valence-corrected chi connectivity index (χ3v) is 1.48. The molecule has 2 N–H and O–H groups in total. The summed E-state index contributed by atoms with van der Waals surface area (Å²) in [4.78, 5) is 0. The molecule has 0 amide bonds. The van der Waals surface area contributed by atoms with Crippen LogP contribution in [0.25, 0.3) is 0 Å². The second kappa shape index (κ2) is 6.63. The maximum absolute atomic E-state index is 8.11. The second-order valence-corrected chi connectivity index (χ2v) is 3.19. The number of rotatable bonds is 1. The van der Waals surface area contributed by atoms with Gasteiger partial charge in [-0.15, -0.1) is 0 Å². The van der Waals surface area contributed by atoms with Crippen molar-refractivity contribution in [2.24, 2.45) is 0 Å². The minimum atomic E-state index is -0.560. The summed E-state index contributed by atoms with van der Waals surface area (Å²) in [7, 11) is 0. The van der Waals surface area contributed by atoms with Gasteiger partial charge in [0, 0.05) is 0 Å². The van der Waals surface area contributed by atoms with Crippen molar-refractivity contribution in [3.63, 3.8) is 0 Å². The molecule has 1 atom stereocenters. The van der Waals surface area contributed by atoms with Gasteiger partial charge >= 0.3 is 0 Å². The highest BCUT2D eigenvalue weighted by Crippen LogP contribution is 1.99. The molecule has 2 nitrogen and oxygen atoms in total. The van der Waals surface area contributed by atoms with Crippen molar-refractivity contribution in [2.45, 2.75) is 26.9 Å². The summed E-state index contributed by atoms with van der Waals surface area (Å²) in [6.45, 7) is 5.58. The monoisotopic (exact) mass is 182 g/mol. The summed E-state index contributed by atoms with van der Waals surface area (Å²) in [5.41, 5.74) is 2.66. The van der Waals surface area contributed by atoms with Gasteiger partial charge in [-0.05, 0) is 20.8 Å². The third-order valence-electron chi connectivity index (χ3n) is 1.48. The van der Waals surface area contributed by atoms with E-state index in [0.717, 1.165) is 0 Å². The zero-order valence-electron chi connectivity index (χ0n) is 8.49. The maximum Gasteiger partial charge on any atom is 0.0742 e. The van der Waals surface area contributed by atoms with Gasteiger partial charge in [0.25, 0.3) is 0 Å². The Morgan fingerprint density at radius 1 is 1.08 bits per heavy atom. The largest absolute Gasteiger partial charge is 0.394 e. The number of hydrogen-bond acceptors (Lipinski definition) is 2. The molecule has 0 spiro atoms. The standard InChI is InChI=1S/C8H10.C3H8O2/c1-7-3-5-8(2)6-4-7;1-3(5)2-4/h3-6H,1-2H3;3-5H,2H2,1H3. The smallest absolute Gasteiger partial charge is 0.0742 e. The normalized spacial score (nSPS) is 11.5. The van der Waals surface area contributed by atoms with Crippen LogP contribution in [0.15, 0.2) is 24.3 Å². The first-order chi connectivity index (χ1) is 6.06. The Morgan fingerprint density at radius 3 is 1.46 bits per heavy atom. The van der Waals surface area contributed by atoms with Crippen LogP contribution in [0.3, 0.4) is 0 Å². The molecule has 1 unspecified atom stereocenters. The number of hydrogen-bond donors (Lipinski definition) is 2. The van der Waals surface area contributed by atoms with Crippen molar-refractivity contribution in [3.05, 3.63) is 35.4 Å². The molecule has 1 aromatic carbocycles. The number of aryl methyl sites for hydroxylation is 2. The van der Waals surface area contributed by atoms with E-state index in [4.69, 9.17) is 10.2 Å². The van der Waals surface area contributed by atoms with E-state index in [9.17, 15) is 0 Å². The molecule has 2 heteroatoms. The third kappa shape index (κ3) is 7.50. The molecule has 0 radical (unpaired) electrons. The van der Waals surface area contributed by atoms with Crippen molar-refractivity contribution in [1.82, 2.24) is 0 Å². The van der Waals surface area contributed by atoms with E-state index in [1.165, 1.54) is 18.1 Å². The van der Waals surface area contributed by atoms with Gasteiger partial charge in [0.1, 0.15) is 0 Å². The second-order valence-electron chi connectivity index (χ2n) is 3.19. The minimum Gasteiger partial charge on any atom is -0.394 e. The number of aliphatic hydroxyl groups is 2. The average molecular weight is 182 g/mol. The predicted octanol–water partition coefficient (Wildman–Crippen LogP) is 1.66. The fourth-order valence-electron chi connectivity index (χ4n) is 0.637. The fourth-order valence-corrected chi connectivity index (χ4v) is 0.637. The Balaban J connectivity index is 0.000000252.